The second kappa shape index (κ2) is 3.42. The summed E-state index contributed by atoms with van der Waals surface area (Å²) in [4.78, 5) is 4.10. The van der Waals surface area contributed by atoms with Crippen LogP contribution in [0.2, 0.25) is 13.6 Å². The lowest BCUT2D eigenvalue weighted by Gasteiger charge is -2.02. The van der Waals surface area contributed by atoms with Crippen molar-refractivity contribution in [2.45, 2.75) is 13.6 Å². The minimum atomic E-state index is 0.536. The van der Waals surface area contributed by atoms with Gasteiger partial charge in [-0.3, -0.25) is 0 Å². The van der Waals surface area contributed by atoms with Gasteiger partial charge >= 0.3 is 0 Å². The van der Waals surface area contributed by atoms with Gasteiger partial charge in [0.15, 0.2) is 6.71 Å². The SMILES string of the molecule is COc1ccc(B(C)C)cn1. The van der Waals surface area contributed by atoms with Crippen molar-refractivity contribution in [2.75, 3.05) is 7.11 Å². The zero-order valence-electron chi connectivity index (χ0n) is 7.16. The van der Waals surface area contributed by atoms with Crippen LogP contribution in [0.5, 0.6) is 5.88 Å². The summed E-state index contributed by atoms with van der Waals surface area (Å²) in [5.41, 5.74) is 1.24. The highest BCUT2D eigenvalue weighted by molar-refractivity contribution is 6.70. The summed E-state index contributed by atoms with van der Waals surface area (Å²) >= 11 is 0. The molecule has 1 rings (SSSR count). The van der Waals surface area contributed by atoms with Gasteiger partial charge in [-0.25, -0.2) is 4.98 Å². The summed E-state index contributed by atoms with van der Waals surface area (Å²) in [5.74, 6) is 0.675. The zero-order chi connectivity index (χ0) is 8.27. The Morgan fingerprint density at radius 3 is 2.45 bits per heavy atom. The van der Waals surface area contributed by atoms with Crippen LogP contribution in [-0.2, 0) is 0 Å². The Kier molecular flexibility index (Phi) is 2.52. The van der Waals surface area contributed by atoms with Crippen molar-refractivity contribution in [3.63, 3.8) is 0 Å². The number of nitrogens with zero attached hydrogens (tertiary/aromatic N) is 1. The van der Waals surface area contributed by atoms with Crippen molar-refractivity contribution in [1.82, 2.24) is 4.98 Å². The fourth-order valence-corrected chi connectivity index (χ4v) is 0.854. The van der Waals surface area contributed by atoms with Gasteiger partial charge in [-0.15, -0.1) is 0 Å². The highest BCUT2D eigenvalue weighted by Gasteiger charge is 2.02. The van der Waals surface area contributed by atoms with Gasteiger partial charge in [-0.1, -0.05) is 25.2 Å². The second-order valence-electron chi connectivity index (χ2n) is 2.79. The number of pyridine rings is 1. The van der Waals surface area contributed by atoms with Gasteiger partial charge in [0.25, 0.3) is 0 Å². The molecule has 1 aromatic heterocycles. The van der Waals surface area contributed by atoms with Crippen LogP contribution in [0.4, 0.5) is 0 Å². The molecule has 0 amide bonds. The second-order valence-corrected chi connectivity index (χ2v) is 2.79. The molecule has 1 aromatic rings. The maximum atomic E-state index is 4.94. The maximum Gasteiger partial charge on any atom is 0.212 e. The molecular formula is C8H12BNO. The summed E-state index contributed by atoms with van der Waals surface area (Å²) in [6.07, 6.45) is 1.85. The predicted octanol–water partition coefficient (Wildman–Crippen LogP) is 1.05. The van der Waals surface area contributed by atoms with E-state index in [2.05, 4.69) is 18.6 Å². The Morgan fingerprint density at radius 1 is 1.36 bits per heavy atom. The van der Waals surface area contributed by atoms with Crippen LogP contribution in [-0.4, -0.2) is 18.8 Å². The van der Waals surface area contributed by atoms with Gasteiger partial charge < -0.3 is 4.74 Å². The molecule has 0 aliphatic heterocycles. The first kappa shape index (κ1) is 8.11. The quantitative estimate of drug-likeness (QED) is 0.586. The first-order chi connectivity index (χ1) is 5.24. The maximum absolute atomic E-state index is 4.94. The molecule has 0 saturated heterocycles. The lowest BCUT2D eigenvalue weighted by atomic mass is 9.50. The molecule has 1 heterocycles. The van der Waals surface area contributed by atoms with Crippen molar-refractivity contribution >= 4 is 12.2 Å². The predicted molar refractivity (Wildman–Crippen MR) is 47.9 cm³/mol. The van der Waals surface area contributed by atoms with E-state index in [1.807, 2.05) is 18.3 Å². The average Bonchev–Trinajstić information content (AvgIpc) is 2.05. The number of rotatable bonds is 2. The lowest BCUT2D eigenvalue weighted by molar-refractivity contribution is 0.398. The molecule has 58 valence electrons. The van der Waals surface area contributed by atoms with Crippen LogP contribution in [0, 0.1) is 0 Å². The molecule has 0 saturated carbocycles. The van der Waals surface area contributed by atoms with Crippen molar-refractivity contribution in [2.24, 2.45) is 0 Å². The van der Waals surface area contributed by atoms with Crippen LogP contribution in [0.3, 0.4) is 0 Å². The van der Waals surface area contributed by atoms with Crippen molar-refractivity contribution in [3.8, 4) is 5.88 Å². The number of aromatic nitrogens is 1. The number of hydrogen-bond acceptors (Lipinski definition) is 2. The molecule has 0 fully saturated rings. The Bertz CT molecular complexity index is 220. The molecule has 0 radical (unpaired) electrons. The van der Waals surface area contributed by atoms with Crippen molar-refractivity contribution in [1.29, 1.82) is 0 Å². The highest BCUT2D eigenvalue weighted by Crippen LogP contribution is 2.00. The molecule has 2 nitrogen and oxygen atoms in total. The van der Waals surface area contributed by atoms with E-state index in [1.165, 1.54) is 5.46 Å². The molecule has 0 aromatic carbocycles. The van der Waals surface area contributed by atoms with Crippen LogP contribution < -0.4 is 10.2 Å². The molecular weight excluding hydrogens is 137 g/mol. The van der Waals surface area contributed by atoms with E-state index in [1.54, 1.807) is 7.11 Å². The third-order valence-electron chi connectivity index (χ3n) is 1.64. The molecule has 0 aliphatic carbocycles. The largest absolute Gasteiger partial charge is 0.481 e. The van der Waals surface area contributed by atoms with Crippen LogP contribution in [0.15, 0.2) is 18.3 Å². The molecule has 0 bridgehead atoms. The normalized spacial score (nSPS) is 9.36. The van der Waals surface area contributed by atoms with E-state index in [4.69, 9.17) is 4.74 Å². The highest BCUT2D eigenvalue weighted by atomic mass is 16.5. The lowest BCUT2D eigenvalue weighted by Crippen LogP contribution is -2.22. The van der Waals surface area contributed by atoms with Gasteiger partial charge in [0.1, 0.15) is 0 Å². The van der Waals surface area contributed by atoms with E-state index in [0.717, 1.165) is 0 Å². The smallest absolute Gasteiger partial charge is 0.212 e. The third kappa shape index (κ3) is 1.97. The van der Waals surface area contributed by atoms with Crippen molar-refractivity contribution in [3.05, 3.63) is 18.3 Å². The standard InChI is InChI=1S/C8H12BNO/c1-9(2)7-4-5-8(11-3)10-6-7/h4-6H,1-3H3. The van der Waals surface area contributed by atoms with Gasteiger partial charge in [-0.05, 0) is 6.07 Å². The fourth-order valence-electron chi connectivity index (χ4n) is 0.854. The topological polar surface area (TPSA) is 22.1 Å². The molecule has 3 heteroatoms. The number of methoxy groups -OCH3 is 1. The third-order valence-corrected chi connectivity index (χ3v) is 1.64. The van der Waals surface area contributed by atoms with E-state index < -0.39 is 0 Å². The number of hydrogen-bond donors (Lipinski definition) is 0. The van der Waals surface area contributed by atoms with E-state index in [9.17, 15) is 0 Å². The molecule has 0 spiro atoms. The van der Waals surface area contributed by atoms with E-state index in [-0.39, 0.29) is 0 Å². The summed E-state index contributed by atoms with van der Waals surface area (Å²) in [6, 6.07) is 3.92. The Morgan fingerprint density at radius 2 is 2.09 bits per heavy atom. The average molecular weight is 149 g/mol. The summed E-state index contributed by atoms with van der Waals surface area (Å²) in [6.45, 7) is 4.82. The summed E-state index contributed by atoms with van der Waals surface area (Å²) in [7, 11) is 1.62. The number of ether oxygens (including phenoxy) is 1. The minimum Gasteiger partial charge on any atom is -0.481 e. The Labute approximate surface area is 67.7 Å². The van der Waals surface area contributed by atoms with E-state index in [0.29, 0.717) is 12.6 Å². The van der Waals surface area contributed by atoms with Crippen LogP contribution in [0.25, 0.3) is 0 Å². The molecule has 0 unspecified atom stereocenters. The van der Waals surface area contributed by atoms with Crippen LogP contribution in [0.1, 0.15) is 0 Å². The van der Waals surface area contributed by atoms with Gasteiger partial charge in [0.2, 0.25) is 5.88 Å². The summed E-state index contributed by atoms with van der Waals surface area (Å²) in [5, 5.41) is 0. The molecule has 11 heavy (non-hydrogen) atoms. The molecule has 0 aliphatic rings. The molecule has 0 N–H and O–H groups in total. The van der Waals surface area contributed by atoms with E-state index >= 15 is 0 Å². The van der Waals surface area contributed by atoms with Gasteiger partial charge in [0, 0.05) is 6.20 Å². The fraction of sp³-hybridized carbons (Fsp3) is 0.375. The van der Waals surface area contributed by atoms with Crippen LogP contribution >= 0.6 is 0 Å². The monoisotopic (exact) mass is 149 g/mol. The minimum absolute atomic E-state index is 0.536. The van der Waals surface area contributed by atoms with Crippen molar-refractivity contribution < 1.29 is 4.74 Å². The first-order valence-corrected chi connectivity index (χ1v) is 3.74. The zero-order valence-corrected chi connectivity index (χ0v) is 7.16. The van der Waals surface area contributed by atoms with Gasteiger partial charge in [0.05, 0.1) is 7.11 Å². The first-order valence-electron chi connectivity index (χ1n) is 3.74. The Balaban J connectivity index is 2.83. The molecule has 0 atom stereocenters. The Hall–Kier alpha value is -0.985. The van der Waals surface area contributed by atoms with Gasteiger partial charge in [-0.2, -0.15) is 0 Å². The summed E-state index contributed by atoms with van der Waals surface area (Å²) < 4.78 is 4.94.